The Kier molecular flexibility index (Phi) is 25.0. The molecule has 0 saturated heterocycles. The second-order valence-electron chi connectivity index (χ2n) is 12.1. The van der Waals surface area contributed by atoms with E-state index in [4.69, 9.17) is 45.9 Å². The van der Waals surface area contributed by atoms with Crippen LogP contribution in [0.5, 0.6) is 0 Å². The van der Waals surface area contributed by atoms with Gasteiger partial charge in [-0.25, -0.2) is 0 Å². The zero-order valence-electron chi connectivity index (χ0n) is 29.2. The van der Waals surface area contributed by atoms with Crippen LogP contribution in [-0.2, 0) is 6.42 Å². The summed E-state index contributed by atoms with van der Waals surface area (Å²) in [6, 6.07) is 12.3. The number of pyridine rings is 1. The molecule has 3 aromatic rings. The van der Waals surface area contributed by atoms with Gasteiger partial charge in [0.15, 0.2) is 25.1 Å². The third-order valence-electron chi connectivity index (χ3n) is 5.97. The summed E-state index contributed by atoms with van der Waals surface area (Å²) in [4.78, 5) is 46.4. The number of carbonyl (C=O) groups excluding carboxylic acids is 2. The Labute approximate surface area is 333 Å². The molecule has 2 aromatic carbocycles. The Morgan fingerprint density at radius 1 is 0.769 bits per heavy atom. The second kappa shape index (κ2) is 25.6. The van der Waals surface area contributed by atoms with Gasteiger partial charge in [-0.15, -0.1) is 11.6 Å². The van der Waals surface area contributed by atoms with Crippen LogP contribution in [0.3, 0.4) is 0 Å². The summed E-state index contributed by atoms with van der Waals surface area (Å²) >= 11 is 24.7. The van der Waals surface area contributed by atoms with E-state index in [1.165, 1.54) is 30.6 Å². The maximum absolute atomic E-state index is 11.1. The van der Waals surface area contributed by atoms with Crippen molar-refractivity contribution >= 4 is 103 Å². The standard InChI is InChI=1S/C16H18N2O3Si.C13H10N2O3.C3H9ClSi.CHCl3.CH3Cl.CH4/c1-22(2,3)17-8-6-13(7-9-17)10-14-4-5-16(18(20)21)11-15(14)12-19;16-9-12-8-13(15(17)18)2-1-11(12)7-10-3-5-14-6-4-10;1-5(2,3)4;2-1(3)4;1-2;/h4-12H,1-3H3;1-6,8-9H,7H2;1-3H3;1H;1H3;1H4. The van der Waals surface area contributed by atoms with Crippen molar-refractivity contribution in [1.29, 1.82) is 0 Å². The van der Waals surface area contributed by atoms with Crippen molar-refractivity contribution < 1.29 is 19.4 Å². The lowest BCUT2D eigenvalue weighted by Gasteiger charge is -2.31. The van der Waals surface area contributed by atoms with E-state index in [1.54, 1.807) is 24.5 Å². The van der Waals surface area contributed by atoms with Gasteiger partial charge in [0.1, 0.15) is 7.38 Å². The molecule has 10 nitrogen and oxygen atoms in total. The molecule has 0 saturated carbocycles. The van der Waals surface area contributed by atoms with Crippen LogP contribution in [0.2, 0.25) is 39.3 Å². The Balaban J connectivity index is 0. The Hall–Kier alpha value is -3.37. The van der Waals surface area contributed by atoms with Gasteiger partial charge in [-0.3, -0.25) is 34.8 Å². The Morgan fingerprint density at radius 2 is 1.19 bits per heavy atom. The van der Waals surface area contributed by atoms with E-state index in [1.807, 2.05) is 42.8 Å². The molecule has 1 aromatic heterocycles. The Morgan fingerprint density at radius 3 is 1.60 bits per heavy atom. The smallest absolute Gasteiger partial charge is 0.270 e. The van der Waals surface area contributed by atoms with E-state index in [0.717, 1.165) is 16.7 Å². The third-order valence-corrected chi connectivity index (χ3v) is 7.82. The first-order valence-electron chi connectivity index (χ1n) is 15.0. The molecule has 4 rings (SSSR count). The molecule has 0 aliphatic carbocycles. The molecular weight excluding hydrogens is 806 g/mol. The number of non-ortho nitro benzene ring substituents is 2. The quantitative estimate of drug-likeness (QED) is 0.0545. The van der Waals surface area contributed by atoms with Gasteiger partial charge in [0.25, 0.3) is 11.4 Å². The number of nitro benzene ring substituents is 2. The minimum Gasteiger partial charge on any atom is -0.381 e. The highest BCUT2D eigenvalue weighted by Crippen LogP contribution is 2.23. The van der Waals surface area contributed by atoms with Crippen molar-refractivity contribution in [2.24, 2.45) is 0 Å². The van der Waals surface area contributed by atoms with E-state index in [9.17, 15) is 29.8 Å². The van der Waals surface area contributed by atoms with Crippen LogP contribution in [-0.4, -0.2) is 58.3 Å². The fraction of sp³-hybridized carbons (Fsp3) is 0.286. The first kappa shape index (κ1) is 50.7. The largest absolute Gasteiger partial charge is 0.381 e. The van der Waals surface area contributed by atoms with Gasteiger partial charge in [-0.05, 0) is 77.5 Å². The van der Waals surface area contributed by atoms with Gasteiger partial charge in [0.2, 0.25) is 0 Å². The predicted octanol–water partition coefficient (Wildman–Crippen LogP) is 11.9. The lowest BCUT2D eigenvalue weighted by Crippen LogP contribution is -2.38. The fourth-order valence-corrected chi connectivity index (χ4v) is 4.80. The number of aromatic nitrogens is 1. The van der Waals surface area contributed by atoms with Crippen molar-refractivity contribution in [2.75, 3.05) is 6.38 Å². The summed E-state index contributed by atoms with van der Waals surface area (Å²) in [5.41, 5.74) is 3.90. The minimum absolute atomic E-state index is 0. The molecule has 0 unspecified atom stereocenters. The number of carbonyl (C=O) groups is 2. The average molecular weight is 851 g/mol. The molecule has 0 spiro atoms. The molecular formula is C35H45Cl5N4O6Si2. The number of aldehydes is 2. The number of halogens is 5. The summed E-state index contributed by atoms with van der Waals surface area (Å²) in [5, 5.41) is 21.4. The molecule has 1 aliphatic heterocycles. The predicted molar refractivity (Wildman–Crippen MR) is 225 cm³/mol. The van der Waals surface area contributed by atoms with E-state index in [2.05, 4.69) is 60.4 Å². The SMILES string of the molecule is C.CCl.C[Si](C)(C)Cl.C[Si](C)(C)N1C=CC(=Cc2ccc([N+](=O)[O-])cc2C=O)C=C1.ClC(Cl)Cl.O=Cc1cc([N+](=O)[O-])ccc1Cc1ccncc1. The van der Waals surface area contributed by atoms with Gasteiger partial charge < -0.3 is 4.57 Å². The number of nitro groups is 2. The molecule has 0 radical (unpaired) electrons. The van der Waals surface area contributed by atoms with Crippen LogP contribution >= 0.6 is 57.5 Å². The van der Waals surface area contributed by atoms with Crippen molar-refractivity contribution in [3.63, 3.8) is 0 Å². The maximum Gasteiger partial charge on any atom is 0.270 e. The highest BCUT2D eigenvalue weighted by molar-refractivity contribution is 7.18. The first-order chi connectivity index (χ1) is 23.7. The number of hydrogen-bond acceptors (Lipinski definition) is 8. The highest BCUT2D eigenvalue weighted by Gasteiger charge is 2.20. The minimum atomic E-state index is -1.41. The summed E-state index contributed by atoms with van der Waals surface area (Å²) in [5.74, 6) is 0. The van der Waals surface area contributed by atoms with Crippen molar-refractivity contribution in [2.45, 2.75) is 57.4 Å². The first-order valence-corrected chi connectivity index (χ1v) is 25.0. The Bertz CT molecular complexity index is 1660. The van der Waals surface area contributed by atoms with E-state index in [-0.39, 0.29) is 18.8 Å². The number of allylic oxidation sites excluding steroid dienone is 3. The number of rotatable bonds is 8. The monoisotopic (exact) mass is 848 g/mol. The van der Waals surface area contributed by atoms with Crippen LogP contribution in [0, 0.1) is 20.2 Å². The van der Waals surface area contributed by atoms with Crippen LogP contribution in [0.15, 0.2) is 91.0 Å². The van der Waals surface area contributed by atoms with Crippen LogP contribution in [0.25, 0.3) is 6.08 Å². The molecule has 0 fully saturated rings. The summed E-state index contributed by atoms with van der Waals surface area (Å²) in [6.45, 7) is 13.0. The van der Waals surface area contributed by atoms with Crippen LogP contribution < -0.4 is 0 Å². The summed E-state index contributed by atoms with van der Waals surface area (Å²) in [6.07, 6.45) is 16.5. The van der Waals surface area contributed by atoms with Gasteiger partial charge in [-0.1, -0.05) is 87.6 Å². The van der Waals surface area contributed by atoms with Crippen molar-refractivity contribution in [3.05, 3.63) is 139 Å². The lowest BCUT2D eigenvalue weighted by molar-refractivity contribution is -0.385. The molecule has 52 heavy (non-hydrogen) atoms. The van der Waals surface area contributed by atoms with Gasteiger partial charge in [-0.2, -0.15) is 11.1 Å². The molecule has 0 amide bonds. The van der Waals surface area contributed by atoms with E-state index in [0.29, 0.717) is 35.7 Å². The van der Waals surface area contributed by atoms with E-state index < -0.39 is 29.8 Å². The molecule has 284 valence electrons. The summed E-state index contributed by atoms with van der Waals surface area (Å²) in [7, 11) is -2.55. The third kappa shape index (κ3) is 21.9. The van der Waals surface area contributed by atoms with Crippen molar-refractivity contribution in [3.8, 4) is 0 Å². The van der Waals surface area contributed by atoms with Crippen molar-refractivity contribution in [1.82, 2.24) is 9.55 Å². The second-order valence-corrected chi connectivity index (χ2v) is 26.5. The molecule has 2 heterocycles. The van der Waals surface area contributed by atoms with Gasteiger partial charge in [0, 0.05) is 54.2 Å². The topological polar surface area (TPSA) is 137 Å². The summed E-state index contributed by atoms with van der Waals surface area (Å²) < 4.78 is 1.47. The maximum atomic E-state index is 11.1. The fourth-order valence-electron chi connectivity index (χ4n) is 3.76. The number of benzene rings is 2. The normalized spacial score (nSPS) is 11.4. The molecule has 1 aliphatic rings. The molecule has 0 N–H and O–H groups in total. The van der Waals surface area contributed by atoms with Gasteiger partial charge in [0.05, 0.1) is 9.85 Å². The van der Waals surface area contributed by atoms with Crippen LogP contribution in [0.4, 0.5) is 11.4 Å². The molecule has 17 heteroatoms. The molecule has 0 bridgehead atoms. The zero-order valence-corrected chi connectivity index (χ0v) is 35.0. The number of hydrogen-bond donors (Lipinski definition) is 0. The average Bonchev–Trinajstić information content (AvgIpc) is 3.05. The number of alkyl halides is 4. The lowest BCUT2D eigenvalue weighted by atomic mass is 10.0. The zero-order chi connectivity index (χ0) is 39.4. The highest BCUT2D eigenvalue weighted by atomic mass is 35.6. The van der Waals surface area contributed by atoms with Gasteiger partial charge >= 0.3 is 0 Å². The van der Waals surface area contributed by atoms with Crippen LogP contribution in [0.1, 0.15) is 44.8 Å². The molecule has 0 atom stereocenters. The number of nitrogens with zero attached hydrogens (tertiary/aromatic N) is 4. The van der Waals surface area contributed by atoms with E-state index >= 15 is 0 Å².